The Labute approximate surface area is 88.4 Å². The van der Waals surface area contributed by atoms with Gasteiger partial charge in [-0.3, -0.25) is 9.59 Å². The number of rotatable bonds is 4. The average molecular weight is 206 g/mol. The molecule has 0 radical (unpaired) electrons. The first-order valence-electron chi connectivity index (χ1n) is 4.65. The number of hydrogen-bond acceptors (Lipinski definition) is 2. The fourth-order valence-corrected chi connectivity index (χ4v) is 1.49. The van der Waals surface area contributed by atoms with E-state index in [1.807, 2.05) is 0 Å². The number of aromatic nitrogens is 1. The zero-order chi connectivity index (χ0) is 11.4. The van der Waals surface area contributed by atoms with Crippen LogP contribution in [0.3, 0.4) is 0 Å². The number of aldehydes is 1. The maximum Gasteiger partial charge on any atom is 0.253 e. The van der Waals surface area contributed by atoms with Gasteiger partial charge in [-0.1, -0.05) is 6.08 Å². The molecule has 1 amide bonds. The first kappa shape index (κ1) is 11.2. The van der Waals surface area contributed by atoms with Gasteiger partial charge in [-0.15, -0.1) is 6.58 Å². The topological polar surface area (TPSA) is 62.0 Å². The highest BCUT2D eigenvalue weighted by Gasteiger charge is 2.16. The minimum absolute atomic E-state index is 0.186. The molecule has 1 aromatic rings. The standard InChI is InChI=1S/C11H14N2O2/c1-4-5-12-11(15)10-7(2)9(6-14)13-8(10)3/h4,6,13H,1,5H2,2-3H3,(H,12,15). The van der Waals surface area contributed by atoms with Gasteiger partial charge in [-0.2, -0.15) is 0 Å². The second-order valence-corrected chi connectivity index (χ2v) is 3.28. The number of H-pyrrole nitrogens is 1. The predicted octanol–water partition coefficient (Wildman–Crippen LogP) is 1.36. The van der Waals surface area contributed by atoms with Gasteiger partial charge in [0.25, 0.3) is 5.91 Å². The van der Waals surface area contributed by atoms with E-state index in [9.17, 15) is 9.59 Å². The minimum atomic E-state index is -0.186. The van der Waals surface area contributed by atoms with E-state index < -0.39 is 0 Å². The molecular formula is C11H14N2O2. The molecule has 15 heavy (non-hydrogen) atoms. The second kappa shape index (κ2) is 4.59. The number of carbonyl (C=O) groups is 2. The van der Waals surface area contributed by atoms with Gasteiger partial charge >= 0.3 is 0 Å². The summed E-state index contributed by atoms with van der Waals surface area (Å²) in [5, 5.41) is 2.67. The van der Waals surface area contributed by atoms with Crippen molar-refractivity contribution in [3.8, 4) is 0 Å². The molecule has 4 heteroatoms. The van der Waals surface area contributed by atoms with E-state index in [1.165, 1.54) is 0 Å². The summed E-state index contributed by atoms with van der Waals surface area (Å²) >= 11 is 0. The lowest BCUT2D eigenvalue weighted by Gasteiger charge is -2.02. The largest absolute Gasteiger partial charge is 0.356 e. The Hall–Kier alpha value is -1.84. The molecule has 0 saturated heterocycles. The Kier molecular flexibility index (Phi) is 3.44. The van der Waals surface area contributed by atoms with Gasteiger partial charge in [0.05, 0.1) is 11.3 Å². The van der Waals surface area contributed by atoms with E-state index in [4.69, 9.17) is 0 Å². The Morgan fingerprint density at radius 3 is 2.67 bits per heavy atom. The van der Waals surface area contributed by atoms with Gasteiger partial charge in [0.1, 0.15) is 0 Å². The van der Waals surface area contributed by atoms with E-state index in [2.05, 4.69) is 16.9 Å². The first-order valence-corrected chi connectivity index (χ1v) is 4.65. The molecule has 1 heterocycles. The molecule has 0 spiro atoms. The fourth-order valence-electron chi connectivity index (χ4n) is 1.49. The highest BCUT2D eigenvalue weighted by atomic mass is 16.1. The molecule has 1 rings (SSSR count). The van der Waals surface area contributed by atoms with Crippen LogP contribution >= 0.6 is 0 Å². The van der Waals surface area contributed by atoms with Crippen molar-refractivity contribution in [2.24, 2.45) is 0 Å². The lowest BCUT2D eigenvalue weighted by Crippen LogP contribution is -2.24. The van der Waals surface area contributed by atoms with E-state index in [0.717, 1.165) is 0 Å². The monoisotopic (exact) mass is 206 g/mol. The maximum atomic E-state index is 11.7. The molecule has 4 nitrogen and oxygen atoms in total. The zero-order valence-electron chi connectivity index (χ0n) is 8.89. The third-order valence-electron chi connectivity index (χ3n) is 2.23. The Balaban J connectivity index is 3.02. The third-order valence-corrected chi connectivity index (χ3v) is 2.23. The van der Waals surface area contributed by atoms with Crippen molar-refractivity contribution in [3.63, 3.8) is 0 Å². The molecule has 80 valence electrons. The first-order chi connectivity index (χ1) is 7.11. The summed E-state index contributed by atoms with van der Waals surface area (Å²) in [7, 11) is 0. The van der Waals surface area contributed by atoms with Crippen molar-refractivity contribution in [2.75, 3.05) is 6.54 Å². The summed E-state index contributed by atoms with van der Waals surface area (Å²) in [5.41, 5.74) is 2.38. The van der Waals surface area contributed by atoms with Crippen LogP contribution in [0.4, 0.5) is 0 Å². The molecule has 1 aromatic heterocycles. The van der Waals surface area contributed by atoms with Crippen molar-refractivity contribution in [3.05, 3.63) is 35.2 Å². The van der Waals surface area contributed by atoms with Crippen molar-refractivity contribution in [1.29, 1.82) is 0 Å². The van der Waals surface area contributed by atoms with Crippen LogP contribution in [-0.2, 0) is 0 Å². The molecule has 0 fully saturated rings. The summed E-state index contributed by atoms with van der Waals surface area (Å²) in [6.45, 7) is 7.44. The normalized spacial score (nSPS) is 9.73. The van der Waals surface area contributed by atoms with Gasteiger partial charge in [0.2, 0.25) is 0 Å². The van der Waals surface area contributed by atoms with Crippen LogP contribution in [0, 0.1) is 13.8 Å². The molecule has 2 N–H and O–H groups in total. The summed E-state index contributed by atoms with van der Waals surface area (Å²) in [6.07, 6.45) is 2.32. The van der Waals surface area contributed by atoms with Crippen LogP contribution in [0.1, 0.15) is 32.1 Å². The number of aryl methyl sites for hydroxylation is 1. The van der Waals surface area contributed by atoms with Gasteiger partial charge in [0.15, 0.2) is 6.29 Å². The van der Waals surface area contributed by atoms with Gasteiger partial charge < -0.3 is 10.3 Å². The lowest BCUT2D eigenvalue weighted by molar-refractivity contribution is 0.0957. The van der Waals surface area contributed by atoms with Crippen molar-refractivity contribution < 1.29 is 9.59 Å². The molecule has 0 saturated carbocycles. The minimum Gasteiger partial charge on any atom is -0.356 e. The molecule has 0 unspecified atom stereocenters. The van der Waals surface area contributed by atoms with E-state index in [1.54, 1.807) is 19.9 Å². The third kappa shape index (κ3) is 2.15. The van der Waals surface area contributed by atoms with Crippen molar-refractivity contribution in [2.45, 2.75) is 13.8 Å². The van der Waals surface area contributed by atoms with Crippen LogP contribution in [-0.4, -0.2) is 23.7 Å². The van der Waals surface area contributed by atoms with Gasteiger partial charge in [-0.05, 0) is 19.4 Å². The highest BCUT2D eigenvalue weighted by Crippen LogP contribution is 2.16. The zero-order valence-corrected chi connectivity index (χ0v) is 8.89. The summed E-state index contributed by atoms with van der Waals surface area (Å²) in [4.78, 5) is 25.2. The summed E-state index contributed by atoms with van der Waals surface area (Å²) in [6, 6.07) is 0. The molecule has 0 bridgehead atoms. The van der Waals surface area contributed by atoms with Gasteiger partial charge in [-0.25, -0.2) is 0 Å². The number of amides is 1. The number of aromatic amines is 1. The predicted molar refractivity (Wildman–Crippen MR) is 58.2 cm³/mol. The Morgan fingerprint density at radius 2 is 2.20 bits per heavy atom. The lowest BCUT2D eigenvalue weighted by atomic mass is 10.1. The maximum absolute atomic E-state index is 11.7. The second-order valence-electron chi connectivity index (χ2n) is 3.28. The van der Waals surface area contributed by atoms with E-state index in [0.29, 0.717) is 35.3 Å². The highest BCUT2D eigenvalue weighted by molar-refractivity contribution is 5.99. The van der Waals surface area contributed by atoms with Crippen LogP contribution in [0.2, 0.25) is 0 Å². The number of carbonyl (C=O) groups excluding carboxylic acids is 2. The number of hydrogen-bond donors (Lipinski definition) is 2. The fraction of sp³-hybridized carbons (Fsp3) is 0.273. The molecule has 0 aliphatic heterocycles. The van der Waals surface area contributed by atoms with Gasteiger partial charge in [0, 0.05) is 12.2 Å². The van der Waals surface area contributed by atoms with Crippen LogP contribution in [0.15, 0.2) is 12.7 Å². The van der Waals surface area contributed by atoms with Crippen LogP contribution < -0.4 is 5.32 Å². The molecule has 0 aromatic carbocycles. The van der Waals surface area contributed by atoms with Crippen molar-refractivity contribution in [1.82, 2.24) is 10.3 Å². The molecule has 0 aliphatic carbocycles. The molecule has 0 atom stereocenters. The number of nitrogens with one attached hydrogen (secondary N) is 2. The summed E-state index contributed by atoms with van der Waals surface area (Å²) in [5.74, 6) is -0.186. The Bertz CT molecular complexity index is 405. The smallest absolute Gasteiger partial charge is 0.253 e. The molecular weight excluding hydrogens is 192 g/mol. The Morgan fingerprint density at radius 1 is 1.53 bits per heavy atom. The van der Waals surface area contributed by atoms with Crippen molar-refractivity contribution >= 4 is 12.2 Å². The van der Waals surface area contributed by atoms with E-state index >= 15 is 0 Å². The van der Waals surface area contributed by atoms with Crippen LogP contribution in [0.25, 0.3) is 0 Å². The van der Waals surface area contributed by atoms with E-state index in [-0.39, 0.29) is 5.91 Å². The quantitative estimate of drug-likeness (QED) is 0.577. The average Bonchev–Trinajstić information content (AvgIpc) is 2.50. The van der Waals surface area contributed by atoms with Crippen LogP contribution in [0.5, 0.6) is 0 Å². The summed E-state index contributed by atoms with van der Waals surface area (Å²) < 4.78 is 0. The SMILES string of the molecule is C=CCNC(=O)c1c(C)[nH]c(C=O)c1C. The molecule has 0 aliphatic rings.